The predicted molar refractivity (Wildman–Crippen MR) is 67.7 cm³/mol. The van der Waals surface area contributed by atoms with Crippen LogP contribution in [0.1, 0.15) is 16.1 Å². The van der Waals surface area contributed by atoms with Gasteiger partial charge in [0.2, 0.25) is 5.88 Å². The van der Waals surface area contributed by atoms with Crippen molar-refractivity contribution in [1.29, 1.82) is 0 Å². The molecule has 21 heavy (non-hydrogen) atoms. The maximum Gasteiger partial charge on any atom is 0.419 e. The topological polar surface area (TPSA) is 59.4 Å². The van der Waals surface area contributed by atoms with Gasteiger partial charge in [-0.25, -0.2) is 9.78 Å². The van der Waals surface area contributed by atoms with E-state index in [1.807, 2.05) is 0 Å². The number of pyridine rings is 1. The second-order valence-electron chi connectivity index (χ2n) is 3.88. The van der Waals surface area contributed by atoms with Crippen LogP contribution < -0.4 is 4.74 Å². The van der Waals surface area contributed by atoms with Crippen LogP contribution in [-0.2, 0) is 6.18 Å². The molecule has 0 aliphatic carbocycles. The van der Waals surface area contributed by atoms with Crippen LogP contribution in [-0.4, -0.2) is 16.1 Å². The Kier molecular flexibility index (Phi) is 4.04. The molecule has 1 aromatic heterocycles. The quantitative estimate of drug-likeness (QED) is 0.919. The summed E-state index contributed by atoms with van der Waals surface area (Å²) < 4.78 is 43.5. The lowest BCUT2D eigenvalue weighted by atomic mass is 10.2. The summed E-state index contributed by atoms with van der Waals surface area (Å²) in [7, 11) is 0. The maximum absolute atomic E-state index is 12.8. The third-order valence-electron chi connectivity index (χ3n) is 2.43. The molecular weight excluding hydrogens is 311 g/mol. The number of aromatic nitrogens is 1. The standard InChI is InChI=1S/C13H7ClF3NO3/c14-8-5-6-10(18-11(8)12(19)20)21-9-4-2-1-3-7(9)13(15,16)17/h1-6H,(H,19,20). The van der Waals surface area contributed by atoms with Gasteiger partial charge in [-0.3, -0.25) is 0 Å². The number of benzene rings is 1. The molecule has 1 aromatic carbocycles. The number of hydrogen-bond donors (Lipinski definition) is 1. The van der Waals surface area contributed by atoms with E-state index in [1.54, 1.807) is 0 Å². The van der Waals surface area contributed by atoms with Gasteiger partial charge in [0, 0.05) is 6.07 Å². The van der Waals surface area contributed by atoms with Crippen LogP contribution in [0.5, 0.6) is 11.6 Å². The molecule has 0 saturated heterocycles. The first-order valence-corrected chi connectivity index (χ1v) is 5.91. The lowest BCUT2D eigenvalue weighted by Gasteiger charge is -2.13. The van der Waals surface area contributed by atoms with E-state index < -0.39 is 29.2 Å². The Morgan fingerprint density at radius 3 is 2.48 bits per heavy atom. The molecule has 0 bridgehead atoms. The van der Waals surface area contributed by atoms with Crippen molar-refractivity contribution in [2.75, 3.05) is 0 Å². The van der Waals surface area contributed by atoms with E-state index in [0.29, 0.717) is 0 Å². The number of halogens is 4. The Labute approximate surface area is 121 Å². The van der Waals surface area contributed by atoms with Crippen molar-refractivity contribution in [3.05, 3.63) is 52.7 Å². The van der Waals surface area contributed by atoms with Crippen LogP contribution in [0.4, 0.5) is 13.2 Å². The number of carboxylic acid groups (broad SMARTS) is 1. The predicted octanol–water partition coefficient (Wildman–Crippen LogP) is 4.24. The van der Waals surface area contributed by atoms with Crippen LogP contribution in [0.15, 0.2) is 36.4 Å². The summed E-state index contributed by atoms with van der Waals surface area (Å²) in [5.74, 6) is -2.18. The molecule has 0 radical (unpaired) electrons. The van der Waals surface area contributed by atoms with E-state index in [4.69, 9.17) is 21.4 Å². The summed E-state index contributed by atoms with van der Waals surface area (Å²) in [6.07, 6.45) is -4.60. The number of rotatable bonds is 3. The molecule has 110 valence electrons. The normalized spacial score (nSPS) is 11.2. The largest absolute Gasteiger partial charge is 0.476 e. The molecule has 0 unspecified atom stereocenters. The smallest absolute Gasteiger partial charge is 0.419 e. The van der Waals surface area contributed by atoms with Crippen molar-refractivity contribution < 1.29 is 27.8 Å². The zero-order valence-electron chi connectivity index (χ0n) is 10.2. The number of carboxylic acids is 1. The fraction of sp³-hybridized carbons (Fsp3) is 0.0769. The minimum Gasteiger partial charge on any atom is -0.476 e. The molecule has 0 fully saturated rings. The van der Waals surface area contributed by atoms with Crippen molar-refractivity contribution in [2.45, 2.75) is 6.18 Å². The van der Waals surface area contributed by atoms with E-state index in [-0.39, 0.29) is 10.9 Å². The van der Waals surface area contributed by atoms with E-state index in [9.17, 15) is 18.0 Å². The maximum atomic E-state index is 12.8. The number of hydrogen-bond acceptors (Lipinski definition) is 3. The number of nitrogens with zero attached hydrogens (tertiary/aromatic N) is 1. The molecule has 0 aliphatic heterocycles. The molecule has 8 heteroatoms. The van der Waals surface area contributed by atoms with E-state index in [2.05, 4.69) is 4.98 Å². The van der Waals surface area contributed by atoms with Crippen molar-refractivity contribution in [1.82, 2.24) is 4.98 Å². The molecular formula is C13H7ClF3NO3. The molecule has 1 heterocycles. The lowest BCUT2D eigenvalue weighted by molar-refractivity contribution is -0.138. The summed E-state index contributed by atoms with van der Waals surface area (Å²) in [5.41, 5.74) is -1.49. The molecule has 0 amide bonds. The highest BCUT2D eigenvalue weighted by Crippen LogP contribution is 2.37. The highest BCUT2D eigenvalue weighted by Gasteiger charge is 2.34. The molecule has 0 aliphatic rings. The molecule has 0 spiro atoms. The first-order chi connectivity index (χ1) is 9.79. The minimum atomic E-state index is -4.60. The number of ether oxygens (including phenoxy) is 1. The summed E-state index contributed by atoms with van der Waals surface area (Å²) in [6, 6.07) is 6.90. The van der Waals surface area contributed by atoms with Gasteiger partial charge in [0.05, 0.1) is 10.6 Å². The Balaban J connectivity index is 2.40. The zero-order chi connectivity index (χ0) is 15.6. The molecule has 1 N–H and O–H groups in total. The Morgan fingerprint density at radius 1 is 1.19 bits per heavy atom. The number of para-hydroxylation sites is 1. The average molecular weight is 318 g/mol. The zero-order valence-corrected chi connectivity index (χ0v) is 10.9. The van der Waals surface area contributed by atoms with Crippen LogP contribution >= 0.6 is 11.6 Å². The molecule has 0 saturated carbocycles. The second-order valence-corrected chi connectivity index (χ2v) is 4.29. The van der Waals surface area contributed by atoms with Gasteiger partial charge in [-0.1, -0.05) is 23.7 Å². The van der Waals surface area contributed by atoms with Crippen molar-refractivity contribution in [2.24, 2.45) is 0 Å². The lowest BCUT2D eigenvalue weighted by Crippen LogP contribution is -2.08. The Bertz CT molecular complexity index is 689. The van der Waals surface area contributed by atoms with Crippen LogP contribution in [0.25, 0.3) is 0 Å². The molecule has 0 atom stereocenters. The first kappa shape index (κ1) is 15.1. The SMILES string of the molecule is O=C(O)c1nc(Oc2ccccc2C(F)(F)F)ccc1Cl. The van der Waals surface area contributed by atoms with Crippen LogP contribution in [0, 0.1) is 0 Å². The van der Waals surface area contributed by atoms with E-state index >= 15 is 0 Å². The third-order valence-corrected chi connectivity index (χ3v) is 2.74. The van der Waals surface area contributed by atoms with Crippen LogP contribution in [0.3, 0.4) is 0 Å². The van der Waals surface area contributed by atoms with Gasteiger partial charge in [-0.05, 0) is 18.2 Å². The monoisotopic (exact) mass is 317 g/mol. The van der Waals surface area contributed by atoms with Crippen LogP contribution in [0.2, 0.25) is 5.02 Å². The molecule has 2 aromatic rings. The third kappa shape index (κ3) is 3.43. The summed E-state index contributed by atoms with van der Waals surface area (Å²) in [6.45, 7) is 0. The molecule has 4 nitrogen and oxygen atoms in total. The van der Waals surface area contributed by atoms with Gasteiger partial charge < -0.3 is 9.84 Å². The first-order valence-electron chi connectivity index (χ1n) is 5.53. The van der Waals surface area contributed by atoms with Crippen molar-refractivity contribution in [3.8, 4) is 11.6 Å². The highest BCUT2D eigenvalue weighted by atomic mass is 35.5. The van der Waals surface area contributed by atoms with Gasteiger partial charge in [0.1, 0.15) is 5.75 Å². The Morgan fingerprint density at radius 2 is 1.86 bits per heavy atom. The van der Waals surface area contributed by atoms with E-state index in [0.717, 1.165) is 12.1 Å². The summed E-state index contributed by atoms with van der Waals surface area (Å²) >= 11 is 5.62. The van der Waals surface area contributed by atoms with Crippen molar-refractivity contribution in [3.63, 3.8) is 0 Å². The van der Waals surface area contributed by atoms with Gasteiger partial charge in [-0.15, -0.1) is 0 Å². The average Bonchev–Trinajstić information content (AvgIpc) is 2.40. The summed E-state index contributed by atoms with van der Waals surface area (Å²) in [4.78, 5) is 14.4. The van der Waals surface area contributed by atoms with Gasteiger partial charge in [0.15, 0.2) is 5.69 Å². The fourth-order valence-corrected chi connectivity index (χ4v) is 1.72. The van der Waals surface area contributed by atoms with Gasteiger partial charge in [-0.2, -0.15) is 13.2 Å². The van der Waals surface area contributed by atoms with Gasteiger partial charge in [0.25, 0.3) is 0 Å². The Hall–Kier alpha value is -2.28. The highest BCUT2D eigenvalue weighted by molar-refractivity contribution is 6.33. The van der Waals surface area contributed by atoms with E-state index in [1.165, 1.54) is 24.3 Å². The summed E-state index contributed by atoms with van der Waals surface area (Å²) in [5, 5.41) is 8.72. The van der Waals surface area contributed by atoms with Crippen molar-refractivity contribution >= 4 is 17.6 Å². The molecule has 2 rings (SSSR count). The van der Waals surface area contributed by atoms with Gasteiger partial charge >= 0.3 is 12.1 Å². The fourth-order valence-electron chi connectivity index (χ4n) is 1.53. The minimum absolute atomic E-state index is 0.140. The number of aromatic carboxylic acids is 1. The second kappa shape index (κ2) is 5.61. The number of alkyl halides is 3. The number of carbonyl (C=O) groups is 1.